The van der Waals surface area contributed by atoms with Crippen LogP contribution in [0.25, 0.3) is 11.3 Å². The molecule has 0 fully saturated rings. The van der Waals surface area contributed by atoms with E-state index < -0.39 is 0 Å². The predicted octanol–water partition coefficient (Wildman–Crippen LogP) is 3.26. The van der Waals surface area contributed by atoms with E-state index in [4.69, 9.17) is 4.74 Å². The Morgan fingerprint density at radius 1 is 1.16 bits per heavy atom. The molecule has 1 heterocycles. The van der Waals surface area contributed by atoms with Crippen LogP contribution in [0.1, 0.15) is 19.4 Å². The van der Waals surface area contributed by atoms with Crippen LogP contribution >= 0.6 is 0 Å². The largest absolute Gasteiger partial charge is 0.494 e. The molecule has 1 N–H and O–H groups in total. The topological polar surface area (TPSA) is 34.1 Å². The summed E-state index contributed by atoms with van der Waals surface area (Å²) < 4.78 is 5.33. The third-order valence-corrected chi connectivity index (χ3v) is 2.93. The van der Waals surface area contributed by atoms with Gasteiger partial charge >= 0.3 is 0 Å². The minimum atomic E-state index is 0.496. The van der Waals surface area contributed by atoms with Gasteiger partial charge in [0, 0.05) is 24.3 Å². The molecular formula is C16H20N2O. The van der Waals surface area contributed by atoms with Crippen molar-refractivity contribution in [3.8, 4) is 17.0 Å². The number of nitrogens with one attached hydrogen (secondary N) is 1. The fourth-order valence-electron chi connectivity index (χ4n) is 1.87. The molecule has 100 valence electrons. The smallest absolute Gasteiger partial charge is 0.145 e. The van der Waals surface area contributed by atoms with Crippen molar-refractivity contribution in [2.45, 2.75) is 26.4 Å². The number of hydrogen-bond acceptors (Lipinski definition) is 3. The van der Waals surface area contributed by atoms with Crippen LogP contribution in [0.3, 0.4) is 0 Å². The number of benzene rings is 1. The van der Waals surface area contributed by atoms with Gasteiger partial charge in [-0.15, -0.1) is 0 Å². The van der Waals surface area contributed by atoms with Gasteiger partial charge in [0.25, 0.3) is 0 Å². The quantitative estimate of drug-likeness (QED) is 0.891. The van der Waals surface area contributed by atoms with Gasteiger partial charge in [-0.25, -0.2) is 0 Å². The highest BCUT2D eigenvalue weighted by Gasteiger charge is 2.06. The second-order valence-electron chi connectivity index (χ2n) is 4.79. The van der Waals surface area contributed by atoms with Gasteiger partial charge in [0.2, 0.25) is 0 Å². The van der Waals surface area contributed by atoms with Crippen LogP contribution in [0.4, 0.5) is 0 Å². The van der Waals surface area contributed by atoms with Crippen LogP contribution in [-0.2, 0) is 6.54 Å². The van der Waals surface area contributed by atoms with Crippen LogP contribution < -0.4 is 10.1 Å². The minimum Gasteiger partial charge on any atom is -0.494 e. The number of nitrogens with zero attached hydrogens (tertiary/aromatic N) is 1. The standard InChI is InChI=1S/C16H20N2O/c1-12(2)18-11-13-6-8-14(9-7-13)16-15(19-3)5-4-10-17-16/h4-10,12,18H,11H2,1-3H3. The van der Waals surface area contributed by atoms with E-state index in [1.807, 2.05) is 12.1 Å². The minimum absolute atomic E-state index is 0.496. The maximum atomic E-state index is 5.33. The van der Waals surface area contributed by atoms with Gasteiger partial charge in [-0.3, -0.25) is 4.98 Å². The molecule has 3 nitrogen and oxygen atoms in total. The Morgan fingerprint density at radius 2 is 1.89 bits per heavy atom. The van der Waals surface area contributed by atoms with Crippen LogP contribution in [0.15, 0.2) is 42.6 Å². The molecular weight excluding hydrogens is 236 g/mol. The summed E-state index contributed by atoms with van der Waals surface area (Å²) in [6, 6.07) is 12.7. The highest BCUT2D eigenvalue weighted by Crippen LogP contribution is 2.27. The molecule has 0 aliphatic heterocycles. The predicted molar refractivity (Wildman–Crippen MR) is 78.2 cm³/mol. The van der Waals surface area contributed by atoms with Crippen LogP contribution in [-0.4, -0.2) is 18.1 Å². The summed E-state index contributed by atoms with van der Waals surface area (Å²) in [5.41, 5.74) is 3.23. The van der Waals surface area contributed by atoms with Gasteiger partial charge in [-0.05, 0) is 17.7 Å². The zero-order chi connectivity index (χ0) is 13.7. The molecule has 0 aliphatic rings. The monoisotopic (exact) mass is 256 g/mol. The number of methoxy groups -OCH3 is 1. The summed E-state index contributed by atoms with van der Waals surface area (Å²) in [7, 11) is 1.67. The fraction of sp³-hybridized carbons (Fsp3) is 0.312. The van der Waals surface area contributed by atoms with E-state index in [1.54, 1.807) is 13.3 Å². The first-order valence-corrected chi connectivity index (χ1v) is 6.52. The Bertz CT molecular complexity index is 521. The summed E-state index contributed by atoms with van der Waals surface area (Å²) in [5, 5.41) is 3.40. The maximum Gasteiger partial charge on any atom is 0.145 e. The van der Waals surface area contributed by atoms with Crippen molar-refractivity contribution in [1.82, 2.24) is 10.3 Å². The number of rotatable bonds is 5. The van der Waals surface area contributed by atoms with Gasteiger partial charge in [-0.1, -0.05) is 38.1 Å². The van der Waals surface area contributed by atoms with Gasteiger partial charge in [0.05, 0.1) is 7.11 Å². The molecule has 0 saturated heterocycles. The summed E-state index contributed by atoms with van der Waals surface area (Å²) in [6.45, 7) is 5.18. The number of pyridine rings is 1. The lowest BCUT2D eigenvalue weighted by Gasteiger charge is -2.10. The molecule has 0 spiro atoms. The first kappa shape index (κ1) is 13.6. The molecule has 0 unspecified atom stereocenters. The lowest BCUT2D eigenvalue weighted by molar-refractivity contribution is 0.415. The Labute approximate surface area is 114 Å². The summed E-state index contributed by atoms with van der Waals surface area (Å²) in [5.74, 6) is 0.801. The molecule has 3 heteroatoms. The average Bonchev–Trinajstić information content (AvgIpc) is 2.45. The summed E-state index contributed by atoms with van der Waals surface area (Å²) >= 11 is 0. The molecule has 0 aliphatic carbocycles. The van der Waals surface area contributed by atoms with E-state index in [-0.39, 0.29) is 0 Å². The maximum absolute atomic E-state index is 5.33. The van der Waals surface area contributed by atoms with Gasteiger partial charge < -0.3 is 10.1 Å². The summed E-state index contributed by atoms with van der Waals surface area (Å²) in [4.78, 5) is 4.38. The van der Waals surface area contributed by atoms with E-state index in [0.717, 1.165) is 23.6 Å². The number of ether oxygens (including phenoxy) is 1. The molecule has 2 aromatic rings. The van der Waals surface area contributed by atoms with Crippen LogP contribution in [0.5, 0.6) is 5.75 Å². The van der Waals surface area contributed by atoms with Crippen molar-refractivity contribution in [2.75, 3.05) is 7.11 Å². The van der Waals surface area contributed by atoms with E-state index in [2.05, 4.69) is 48.4 Å². The first-order valence-electron chi connectivity index (χ1n) is 6.52. The lowest BCUT2D eigenvalue weighted by Crippen LogP contribution is -2.21. The highest BCUT2D eigenvalue weighted by molar-refractivity contribution is 5.66. The van der Waals surface area contributed by atoms with Crippen molar-refractivity contribution in [3.63, 3.8) is 0 Å². The molecule has 2 rings (SSSR count). The van der Waals surface area contributed by atoms with Crippen molar-refractivity contribution >= 4 is 0 Å². The summed E-state index contributed by atoms with van der Waals surface area (Å²) in [6.07, 6.45) is 1.78. The van der Waals surface area contributed by atoms with Crippen molar-refractivity contribution in [1.29, 1.82) is 0 Å². The first-order chi connectivity index (χ1) is 9.20. The Balaban J connectivity index is 2.18. The van der Waals surface area contributed by atoms with E-state index in [9.17, 15) is 0 Å². The van der Waals surface area contributed by atoms with Gasteiger partial charge in [-0.2, -0.15) is 0 Å². The van der Waals surface area contributed by atoms with E-state index in [0.29, 0.717) is 6.04 Å². The van der Waals surface area contributed by atoms with E-state index in [1.165, 1.54) is 5.56 Å². The Morgan fingerprint density at radius 3 is 2.53 bits per heavy atom. The van der Waals surface area contributed by atoms with Crippen LogP contribution in [0, 0.1) is 0 Å². The third-order valence-electron chi connectivity index (χ3n) is 2.93. The lowest BCUT2D eigenvalue weighted by atomic mass is 10.1. The van der Waals surface area contributed by atoms with Gasteiger partial charge in [0.1, 0.15) is 11.4 Å². The molecule has 1 aromatic heterocycles. The molecule has 1 aromatic carbocycles. The van der Waals surface area contributed by atoms with Gasteiger partial charge in [0.15, 0.2) is 0 Å². The Hall–Kier alpha value is -1.87. The third kappa shape index (κ3) is 3.55. The molecule has 0 radical (unpaired) electrons. The SMILES string of the molecule is COc1cccnc1-c1ccc(CNC(C)C)cc1. The fourth-order valence-corrected chi connectivity index (χ4v) is 1.87. The zero-order valence-corrected chi connectivity index (χ0v) is 11.7. The molecule has 0 saturated carbocycles. The molecule has 0 amide bonds. The molecule has 0 atom stereocenters. The van der Waals surface area contributed by atoms with Crippen molar-refractivity contribution < 1.29 is 4.74 Å². The molecule has 19 heavy (non-hydrogen) atoms. The highest BCUT2D eigenvalue weighted by atomic mass is 16.5. The molecule has 0 bridgehead atoms. The average molecular weight is 256 g/mol. The zero-order valence-electron chi connectivity index (χ0n) is 11.7. The van der Waals surface area contributed by atoms with Crippen molar-refractivity contribution in [2.24, 2.45) is 0 Å². The van der Waals surface area contributed by atoms with Crippen LogP contribution in [0.2, 0.25) is 0 Å². The normalized spacial score (nSPS) is 10.7. The Kier molecular flexibility index (Phi) is 4.53. The number of aromatic nitrogens is 1. The van der Waals surface area contributed by atoms with Crippen molar-refractivity contribution in [3.05, 3.63) is 48.2 Å². The second kappa shape index (κ2) is 6.34. The second-order valence-corrected chi connectivity index (χ2v) is 4.79. The van der Waals surface area contributed by atoms with E-state index >= 15 is 0 Å². The number of hydrogen-bond donors (Lipinski definition) is 1.